The Hall–Kier alpha value is -2.99. The molecule has 1 aromatic heterocycles. The van der Waals surface area contributed by atoms with E-state index in [1.807, 2.05) is 6.07 Å². The average Bonchev–Trinajstić information content (AvgIpc) is 3.01. The zero-order valence-corrected chi connectivity index (χ0v) is 15.3. The number of rotatable bonds is 6. The monoisotopic (exact) mass is 367 g/mol. The minimum absolute atomic E-state index is 0.168. The number of H-pyrrole nitrogens is 1. The van der Waals surface area contributed by atoms with Gasteiger partial charge in [-0.3, -0.25) is 9.89 Å². The summed E-state index contributed by atoms with van der Waals surface area (Å²) in [4.78, 5) is 13.1. The molecular weight excluding hydrogens is 345 g/mol. The van der Waals surface area contributed by atoms with Crippen molar-refractivity contribution in [3.63, 3.8) is 0 Å². The van der Waals surface area contributed by atoms with E-state index in [1.54, 1.807) is 44.2 Å². The van der Waals surface area contributed by atoms with Crippen LogP contribution in [0.4, 0.5) is 10.2 Å². The second-order valence-corrected chi connectivity index (χ2v) is 7.21. The van der Waals surface area contributed by atoms with Crippen LogP contribution < -0.4 is 5.73 Å². The zero-order chi connectivity index (χ0) is 19.6. The Morgan fingerprint density at radius 1 is 1.22 bits per heavy atom. The van der Waals surface area contributed by atoms with Gasteiger partial charge in [0.1, 0.15) is 17.3 Å². The number of hydrogen-bond donors (Lipinski definition) is 3. The largest absolute Gasteiger partial charge is 0.390 e. The van der Waals surface area contributed by atoms with Crippen LogP contribution in [0.15, 0.2) is 48.5 Å². The number of carbonyl (C=O) groups excluding carboxylic acids is 1. The molecular formula is C21H22FN3O2. The third kappa shape index (κ3) is 4.41. The van der Waals surface area contributed by atoms with Gasteiger partial charge < -0.3 is 10.8 Å². The number of aromatic amines is 1. The van der Waals surface area contributed by atoms with Crippen LogP contribution in [-0.4, -0.2) is 26.7 Å². The van der Waals surface area contributed by atoms with Gasteiger partial charge in [-0.1, -0.05) is 18.2 Å². The Morgan fingerprint density at radius 3 is 2.59 bits per heavy atom. The van der Waals surface area contributed by atoms with E-state index in [4.69, 9.17) is 5.73 Å². The van der Waals surface area contributed by atoms with E-state index in [1.165, 1.54) is 12.1 Å². The highest BCUT2D eigenvalue weighted by molar-refractivity contribution is 6.15. The second-order valence-electron chi connectivity index (χ2n) is 7.21. The molecule has 1 heterocycles. The molecule has 2 aromatic carbocycles. The van der Waals surface area contributed by atoms with Gasteiger partial charge in [0.15, 0.2) is 5.78 Å². The minimum Gasteiger partial charge on any atom is -0.390 e. The van der Waals surface area contributed by atoms with Crippen LogP contribution in [-0.2, 0) is 6.42 Å². The Kier molecular flexibility index (Phi) is 5.10. The first-order valence-electron chi connectivity index (χ1n) is 8.70. The summed E-state index contributed by atoms with van der Waals surface area (Å²) in [6.45, 7) is 3.51. The van der Waals surface area contributed by atoms with Crippen molar-refractivity contribution in [2.75, 3.05) is 5.73 Å². The van der Waals surface area contributed by atoms with Crippen molar-refractivity contribution in [2.45, 2.75) is 32.3 Å². The van der Waals surface area contributed by atoms with Crippen molar-refractivity contribution in [1.82, 2.24) is 10.2 Å². The molecule has 0 bridgehead atoms. The van der Waals surface area contributed by atoms with E-state index in [9.17, 15) is 14.3 Å². The summed E-state index contributed by atoms with van der Waals surface area (Å²) < 4.78 is 13.2. The minimum atomic E-state index is -0.773. The first kappa shape index (κ1) is 18.8. The van der Waals surface area contributed by atoms with Crippen molar-refractivity contribution in [3.8, 4) is 11.3 Å². The standard InChI is InChI=1S/C21H22FN3O2/c1-21(2,27)11-10-13-4-3-5-15(12-13)19(26)17-18(24-25-20(17)23)14-6-8-16(22)9-7-14/h3-9,12,27H,10-11H2,1-2H3,(H3,23,24,25). The van der Waals surface area contributed by atoms with Crippen LogP contribution in [0, 0.1) is 5.82 Å². The maximum absolute atomic E-state index is 13.2. The summed E-state index contributed by atoms with van der Waals surface area (Å²) in [6, 6.07) is 13.0. The van der Waals surface area contributed by atoms with E-state index in [0.29, 0.717) is 29.7 Å². The third-order valence-corrected chi connectivity index (χ3v) is 4.35. The highest BCUT2D eigenvalue weighted by Crippen LogP contribution is 2.28. The smallest absolute Gasteiger partial charge is 0.199 e. The molecule has 140 valence electrons. The predicted molar refractivity (Wildman–Crippen MR) is 103 cm³/mol. The summed E-state index contributed by atoms with van der Waals surface area (Å²) >= 11 is 0. The highest BCUT2D eigenvalue weighted by Gasteiger charge is 2.22. The van der Waals surface area contributed by atoms with E-state index < -0.39 is 5.60 Å². The number of aryl methyl sites for hydroxylation is 1. The summed E-state index contributed by atoms with van der Waals surface area (Å²) in [5.41, 5.74) is 7.88. The molecule has 0 saturated heterocycles. The third-order valence-electron chi connectivity index (χ3n) is 4.35. The zero-order valence-electron chi connectivity index (χ0n) is 15.3. The maximum Gasteiger partial charge on any atom is 0.199 e. The van der Waals surface area contributed by atoms with Gasteiger partial charge in [0.25, 0.3) is 0 Å². The number of hydrogen-bond acceptors (Lipinski definition) is 4. The molecule has 4 N–H and O–H groups in total. The summed E-state index contributed by atoms with van der Waals surface area (Å²) in [7, 11) is 0. The number of aromatic nitrogens is 2. The lowest BCUT2D eigenvalue weighted by Crippen LogP contribution is -2.19. The molecule has 0 saturated carbocycles. The number of nitrogens with two attached hydrogens (primary N) is 1. The van der Waals surface area contributed by atoms with Gasteiger partial charge in [-0.05, 0) is 62.6 Å². The van der Waals surface area contributed by atoms with Gasteiger partial charge >= 0.3 is 0 Å². The van der Waals surface area contributed by atoms with Crippen LogP contribution in [0.3, 0.4) is 0 Å². The van der Waals surface area contributed by atoms with Crippen LogP contribution in [0.1, 0.15) is 41.8 Å². The number of ketones is 1. The van der Waals surface area contributed by atoms with Gasteiger partial charge in [0.2, 0.25) is 0 Å². The van der Waals surface area contributed by atoms with E-state index in [-0.39, 0.29) is 23.0 Å². The number of nitrogens with one attached hydrogen (secondary N) is 1. The first-order chi connectivity index (χ1) is 12.7. The SMILES string of the molecule is CC(C)(O)CCc1cccc(C(=O)c2c(-c3ccc(F)cc3)n[nH]c2N)c1. The summed E-state index contributed by atoms with van der Waals surface area (Å²) in [6.07, 6.45) is 1.23. The quantitative estimate of drug-likeness (QED) is 0.579. The Morgan fingerprint density at radius 2 is 1.93 bits per heavy atom. The van der Waals surface area contributed by atoms with Crippen LogP contribution in [0.2, 0.25) is 0 Å². The molecule has 6 heteroatoms. The summed E-state index contributed by atoms with van der Waals surface area (Å²) in [5, 5.41) is 16.7. The van der Waals surface area contributed by atoms with Crippen LogP contribution >= 0.6 is 0 Å². The average molecular weight is 367 g/mol. The lowest BCUT2D eigenvalue weighted by Gasteiger charge is -2.16. The van der Waals surface area contributed by atoms with Crippen molar-refractivity contribution < 1.29 is 14.3 Å². The molecule has 5 nitrogen and oxygen atoms in total. The van der Waals surface area contributed by atoms with Gasteiger partial charge in [-0.15, -0.1) is 0 Å². The number of nitrogen functional groups attached to an aromatic ring is 1. The molecule has 0 aliphatic carbocycles. The molecule has 0 aliphatic heterocycles. The molecule has 27 heavy (non-hydrogen) atoms. The number of nitrogens with zero attached hydrogens (tertiary/aromatic N) is 1. The topological polar surface area (TPSA) is 92.0 Å². The van der Waals surface area contributed by atoms with Crippen molar-refractivity contribution in [1.29, 1.82) is 0 Å². The highest BCUT2D eigenvalue weighted by atomic mass is 19.1. The number of aliphatic hydroxyl groups is 1. The van der Waals surface area contributed by atoms with Crippen molar-refractivity contribution in [2.24, 2.45) is 0 Å². The molecule has 3 aromatic rings. The molecule has 0 fully saturated rings. The van der Waals surface area contributed by atoms with Crippen LogP contribution in [0.25, 0.3) is 11.3 Å². The fourth-order valence-corrected chi connectivity index (χ4v) is 2.86. The number of anilines is 1. The van der Waals surface area contributed by atoms with E-state index >= 15 is 0 Å². The lowest BCUT2D eigenvalue weighted by atomic mass is 9.95. The first-order valence-corrected chi connectivity index (χ1v) is 8.70. The maximum atomic E-state index is 13.2. The Balaban J connectivity index is 1.93. The molecule has 0 radical (unpaired) electrons. The molecule has 0 unspecified atom stereocenters. The Bertz CT molecular complexity index is 956. The van der Waals surface area contributed by atoms with Gasteiger partial charge in [0.05, 0.1) is 11.2 Å². The van der Waals surface area contributed by atoms with E-state index in [0.717, 1.165) is 5.56 Å². The number of benzene rings is 2. The fraction of sp³-hybridized carbons (Fsp3) is 0.238. The van der Waals surface area contributed by atoms with Crippen molar-refractivity contribution >= 4 is 11.6 Å². The van der Waals surface area contributed by atoms with Gasteiger partial charge in [-0.25, -0.2) is 4.39 Å². The molecule has 0 atom stereocenters. The normalized spacial score (nSPS) is 11.6. The van der Waals surface area contributed by atoms with Gasteiger partial charge in [0, 0.05) is 11.1 Å². The number of carbonyl (C=O) groups is 1. The van der Waals surface area contributed by atoms with E-state index in [2.05, 4.69) is 10.2 Å². The molecule has 0 amide bonds. The summed E-state index contributed by atoms with van der Waals surface area (Å²) in [5.74, 6) is -0.457. The van der Waals surface area contributed by atoms with Crippen LogP contribution in [0.5, 0.6) is 0 Å². The molecule has 0 aliphatic rings. The second kappa shape index (κ2) is 7.32. The molecule has 3 rings (SSSR count). The molecule has 0 spiro atoms. The van der Waals surface area contributed by atoms with Gasteiger partial charge in [-0.2, -0.15) is 5.10 Å². The predicted octanol–water partition coefficient (Wildman–Crippen LogP) is 3.73. The van der Waals surface area contributed by atoms with Crippen molar-refractivity contribution in [3.05, 3.63) is 71.0 Å². The fourth-order valence-electron chi connectivity index (χ4n) is 2.86. The Labute approximate surface area is 157 Å². The lowest BCUT2D eigenvalue weighted by molar-refractivity contribution is 0.0714. The number of halogens is 1.